The molecule has 0 spiro atoms. The minimum Gasteiger partial charge on any atom is -0.363 e. The van der Waals surface area contributed by atoms with Crippen LogP contribution in [-0.4, -0.2) is 16.6 Å². The monoisotopic (exact) mass is 373 g/mol. The predicted molar refractivity (Wildman–Crippen MR) is 108 cm³/mol. The minimum atomic E-state index is 0.629. The van der Waals surface area contributed by atoms with Crippen LogP contribution in [0.5, 0.6) is 0 Å². The van der Waals surface area contributed by atoms with Crippen molar-refractivity contribution in [3.63, 3.8) is 0 Å². The van der Waals surface area contributed by atoms with Gasteiger partial charge in [0.1, 0.15) is 5.01 Å². The van der Waals surface area contributed by atoms with Crippen molar-refractivity contribution in [2.45, 2.75) is 6.92 Å². The Kier molecular flexibility index (Phi) is 5.45. The summed E-state index contributed by atoms with van der Waals surface area (Å²) in [5.74, 6) is 0. The molecule has 24 heavy (non-hydrogen) atoms. The molecule has 0 fully saturated rings. The van der Waals surface area contributed by atoms with Crippen molar-refractivity contribution in [2.75, 3.05) is 11.9 Å². The van der Waals surface area contributed by atoms with Crippen molar-refractivity contribution < 1.29 is 0 Å². The van der Waals surface area contributed by atoms with E-state index in [1.54, 1.807) is 11.3 Å². The van der Waals surface area contributed by atoms with Gasteiger partial charge in [0.15, 0.2) is 5.11 Å². The second-order valence-electron chi connectivity index (χ2n) is 5.11. The van der Waals surface area contributed by atoms with E-state index in [9.17, 15) is 0 Å². The number of benzene rings is 2. The Morgan fingerprint density at radius 2 is 1.75 bits per heavy atom. The highest BCUT2D eigenvalue weighted by Crippen LogP contribution is 2.30. The van der Waals surface area contributed by atoms with Gasteiger partial charge in [0, 0.05) is 33.8 Å². The van der Waals surface area contributed by atoms with Gasteiger partial charge in [-0.3, -0.25) is 0 Å². The van der Waals surface area contributed by atoms with Crippen LogP contribution in [0.3, 0.4) is 0 Å². The lowest BCUT2D eigenvalue weighted by atomic mass is 10.1. The largest absolute Gasteiger partial charge is 0.363 e. The van der Waals surface area contributed by atoms with Crippen LogP contribution in [-0.2, 0) is 0 Å². The quantitative estimate of drug-likeness (QED) is 0.597. The summed E-state index contributed by atoms with van der Waals surface area (Å²) < 4.78 is 0. The van der Waals surface area contributed by atoms with Gasteiger partial charge < -0.3 is 10.6 Å². The van der Waals surface area contributed by atoms with E-state index in [-0.39, 0.29) is 0 Å². The van der Waals surface area contributed by atoms with Gasteiger partial charge in [-0.2, -0.15) is 0 Å². The summed E-state index contributed by atoms with van der Waals surface area (Å²) in [6.45, 7) is 2.81. The molecule has 0 aliphatic carbocycles. The van der Waals surface area contributed by atoms with E-state index in [2.05, 4.69) is 16.0 Å². The maximum atomic E-state index is 5.93. The van der Waals surface area contributed by atoms with Gasteiger partial charge >= 0.3 is 0 Å². The molecule has 2 N–H and O–H groups in total. The zero-order valence-corrected chi connectivity index (χ0v) is 15.4. The number of nitrogens with zero attached hydrogens (tertiary/aromatic N) is 1. The molecule has 0 aliphatic rings. The second-order valence-corrected chi connectivity index (χ2v) is 6.81. The average Bonchev–Trinajstić information content (AvgIpc) is 3.06. The highest BCUT2D eigenvalue weighted by atomic mass is 35.5. The minimum absolute atomic E-state index is 0.629. The van der Waals surface area contributed by atoms with Crippen molar-refractivity contribution in [3.8, 4) is 21.8 Å². The predicted octanol–water partition coefficient (Wildman–Crippen LogP) is 5.44. The molecule has 0 atom stereocenters. The van der Waals surface area contributed by atoms with Crippen LogP contribution in [0.15, 0.2) is 53.9 Å². The molecule has 0 unspecified atom stereocenters. The van der Waals surface area contributed by atoms with Crippen LogP contribution in [0.4, 0.5) is 5.69 Å². The lowest BCUT2D eigenvalue weighted by Crippen LogP contribution is -2.27. The molecule has 1 heterocycles. The van der Waals surface area contributed by atoms with E-state index >= 15 is 0 Å². The summed E-state index contributed by atoms with van der Waals surface area (Å²) in [7, 11) is 0. The number of aromatic nitrogens is 1. The van der Waals surface area contributed by atoms with Gasteiger partial charge in [-0.05, 0) is 43.4 Å². The first kappa shape index (κ1) is 16.9. The first-order valence-electron chi connectivity index (χ1n) is 7.52. The van der Waals surface area contributed by atoms with Crippen LogP contribution >= 0.6 is 35.2 Å². The van der Waals surface area contributed by atoms with Crippen molar-refractivity contribution in [1.29, 1.82) is 0 Å². The highest BCUT2D eigenvalue weighted by molar-refractivity contribution is 7.80. The Morgan fingerprint density at radius 1 is 1.08 bits per heavy atom. The van der Waals surface area contributed by atoms with Crippen LogP contribution < -0.4 is 10.6 Å². The van der Waals surface area contributed by atoms with E-state index in [4.69, 9.17) is 28.8 Å². The van der Waals surface area contributed by atoms with Crippen LogP contribution in [0.2, 0.25) is 5.02 Å². The fourth-order valence-corrected chi connectivity index (χ4v) is 3.41. The Labute approximate surface area is 155 Å². The summed E-state index contributed by atoms with van der Waals surface area (Å²) in [6, 6.07) is 15.8. The number of anilines is 1. The highest BCUT2D eigenvalue weighted by Gasteiger charge is 2.07. The van der Waals surface area contributed by atoms with Crippen LogP contribution in [0.1, 0.15) is 6.92 Å². The van der Waals surface area contributed by atoms with Crippen LogP contribution in [0, 0.1) is 0 Å². The first-order chi connectivity index (χ1) is 11.7. The smallest absolute Gasteiger partial charge is 0.170 e. The van der Waals surface area contributed by atoms with Crippen molar-refractivity contribution >= 4 is 46.0 Å². The topological polar surface area (TPSA) is 37.0 Å². The summed E-state index contributed by atoms with van der Waals surface area (Å²) >= 11 is 12.7. The van der Waals surface area contributed by atoms with E-state index in [1.165, 1.54) is 0 Å². The molecule has 6 heteroatoms. The number of hydrogen-bond acceptors (Lipinski definition) is 3. The molecule has 0 radical (unpaired) electrons. The molecule has 122 valence electrons. The molecule has 0 saturated heterocycles. The molecular weight excluding hydrogens is 358 g/mol. The lowest BCUT2D eigenvalue weighted by Gasteiger charge is -2.08. The first-order valence-corrected chi connectivity index (χ1v) is 9.19. The van der Waals surface area contributed by atoms with Gasteiger partial charge in [0.05, 0.1) is 5.69 Å². The fraction of sp³-hybridized carbons (Fsp3) is 0.111. The summed E-state index contributed by atoms with van der Waals surface area (Å²) in [5, 5.41) is 10.6. The molecule has 3 nitrogen and oxygen atoms in total. The Bertz CT molecular complexity index is 826. The molecule has 0 aliphatic heterocycles. The Morgan fingerprint density at radius 3 is 2.42 bits per heavy atom. The van der Waals surface area contributed by atoms with Gasteiger partial charge in [-0.1, -0.05) is 35.9 Å². The third-order valence-electron chi connectivity index (χ3n) is 3.37. The van der Waals surface area contributed by atoms with Crippen molar-refractivity contribution in [2.24, 2.45) is 0 Å². The molecular formula is C18H16ClN3S2. The number of thiocarbonyl (C=S) groups is 1. The molecule has 2 aromatic carbocycles. The van der Waals surface area contributed by atoms with Crippen LogP contribution in [0.25, 0.3) is 21.8 Å². The summed E-state index contributed by atoms with van der Waals surface area (Å²) in [4.78, 5) is 4.72. The van der Waals surface area contributed by atoms with Crippen molar-refractivity contribution in [1.82, 2.24) is 10.3 Å². The Balaban J connectivity index is 1.75. The second kappa shape index (κ2) is 7.75. The lowest BCUT2D eigenvalue weighted by molar-refractivity contribution is 0.979. The zero-order chi connectivity index (χ0) is 16.9. The molecule has 0 bridgehead atoms. The van der Waals surface area contributed by atoms with Gasteiger partial charge in [-0.25, -0.2) is 4.98 Å². The number of rotatable bonds is 4. The normalized spacial score (nSPS) is 10.4. The standard InChI is InChI=1S/C18H16ClN3S2/c1-2-20-18(23)21-15-9-5-12(6-10-15)16-11-24-17(22-16)13-3-7-14(19)8-4-13/h3-11H,2H2,1H3,(H2,20,21,23). The third kappa shape index (κ3) is 4.12. The number of hydrogen-bond donors (Lipinski definition) is 2. The maximum Gasteiger partial charge on any atom is 0.170 e. The molecule has 0 saturated carbocycles. The zero-order valence-electron chi connectivity index (χ0n) is 13.0. The van der Waals surface area contributed by atoms with E-state index in [0.717, 1.165) is 39.1 Å². The maximum absolute atomic E-state index is 5.93. The molecule has 3 rings (SSSR count). The van der Waals surface area contributed by atoms with Gasteiger partial charge in [0.2, 0.25) is 0 Å². The number of halogens is 1. The molecule has 0 amide bonds. The van der Waals surface area contributed by atoms with Gasteiger partial charge in [0.25, 0.3) is 0 Å². The van der Waals surface area contributed by atoms with E-state index in [1.807, 2.05) is 55.5 Å². The number of nitrogens with one attached hydrogen (secondary N) is 2. The SMILES string of the molecule is CCNC(=S)Nc1ccc(-c2csc(-c3ccc(Cl)cc3)n2)cc1. The third-order valence-corrected chi connectivity index (χ3v) is 4.76. The molecule has 1 aromatic heterocycles. The Hall–Kier alpha value is -1.95. The van der Waals surface area contributed by atoms with Gasteiger partial charge in [-0.15, -0.1) is 11.3 Å². The molecule has 3 aromatic rings. The fourth-order valence-electron chi connectivity index (χ4n) is 2.19. The summed E-state index contributed by atoms with van der Waals surface area (Å²) in [5.41, 5.74) is 4.07. The van der Waals surface area contributed by atoms with E-state index in [0.29, 0.717) is 5.11 Å². The van der Waals surface area contributed by atoms with E-state index < -0.39 is 0 Å². The summed E-state index contributed by atoms with van der Waals surface area (Å²) in [6.07, 6.45) is 0. The van der Waals surface area contributed by atoms with Crippen molar-refractivity contribution in [3.05, 3.63) is 58.9 Å². The average molecular weight is 374 g/mol. The number of thiazole rings is 1.